The summed E-state index contributed by atoms with van der Waals surface area (Å²) in [4.78, 5) is 14.0. The summed E-state index contributed by atoms with van der Waals surface area (Å²) in [6, 6.07) is 0.427. The third-order valence-corrected chi connectivity index (χ3v) is 5.12. The van der Waals surface area contributed by atoms with E-state index in [1.807, 2.05) is 11.8 Å². The topological polar surface area (TPSA) is 41.6 Å². The fourth-order valence-corrected chi connectivity index (χ4v) is 3.68. The van der Waals surface area contributed by atoms with Gasteiger partial charge in [-0.1, -0.05) is 26.7 Å². The second-order valence-corrected chi connectivity index (χ2v) is 7.10. The predicted molar refractivity (Wildman–Crippen MR) is 85.3 cm³/mol. The molecule has 0 aromatic heterocycles. The van der Waals surface area contributed by atoms with Gasteiger partial charge in [-0.15, -0.1) is 0 Å². The van der Waals surface area contributed by atoms with E-state index in [1.165, 1.54) is 32.1 Å². The highest BCUT2D eigenvalue weighted by atomic mass is 16.6. The quantitative estimate of drug-likeness (QED) is 0.846. The van der Waals surface area contributed by atoms with Crippen LogP contribution in [0.5, 0.6) is 0 Å². The van der Waals surface area contributed by atoms with Crippen LogP contribution in [0.25, 0.3) is 0 Å². The molecular weight excluding hydrogens is 264 g/mol. The van der Waals surface area contributed by atoms with Gasteiger partial charge in [-0.2, -0.15) is 0 Å². The summed E-state index contributed by atoms with van der Waals surface area (Å²) in [6.07, 6.45) is 6.56. The van der Waals surface area contributed by atoms with E-state index in [2.05, 4.69) is 19.2 Å². The first-order valence-electron chi connectivity index (χ1n) is 8.75. The molecule has 0 aromatic carbocycles. The lowest BCUT2D eigenvalue weighted by Crippen LogP contribution is -2.53. The fourth-order valence-electron chi connectivity index (χ4n) is 3.68. The molecule has 0 spiro atoms. The van der Waals surface area contributed by atoms with Crippen molar-refractivity contribution >= 4 is 6.09 Å². The maximum atomic E-state index is 12.0. The highest BCUT2D eigenvalue weighted by molar-refractivity contribution is 5.67. The van der Waals surface area contributed by atoms with Gasteiger partial charge < -0.3 is 15.0 Å². The lowest BCUT2D eigenvalue weighted by atomic mass is 9.85. The number of nitrogens with zero attached hydrogens (tertiary/aromatic N) is 1. The third kappa shape index (κ3) is 4.87. The number of carbonyl (C=O) groups excluding carboxylic acids is 1. The molecule has 1 aliphatic heterocycles. The molecule has 1 aliphatic carbocycles. The zero-order chi connectivity index (χ0) is 15.2. The minimum absolute atomic E-state index is 0.143. The second kappa shape index (κ2) is 8.02. The third-order valence-electron chi connectivity index (χ3n) is 5.12. The van der Waals surface area contributed by atoms with E-state index in [0.717, 1.165) is 25.6 Å². The number of likely N-dealkylation sites (tertiary alicyclic amines) is 1. The van der Waals surface area contributed by atoms with Crippen molar-refractivity contribution in [3.05, 3.63) is 0 Å². The van der Waals surface area contributed by atoms with E-state index in [9.17, 15) is 4.79 Å². The van der Waals surface area contributed by atoms with Gasteiger partial charge in [0.25, 0.3) is 0 Å². The van der Waals surface area contributed by atoms with Crippen LogP contribution in [0.3, 0.4) is 0 Å². The molecule has 2 fully saturated rings. The predicted octanol–water partition coefficient (Wildman–Crippen LogP) is 3.27. The smallest absolute Gasteiger partial charge is 0.409 e. The Labute approximate surface area is 129 Å². The van der Waals surface area contributed by atoms with E-state index in [1.54, 1.807) is 0 Å². The summed E-state index contributed by atoms with van der Waals surface area (Å²) < 4.78 is 5.19. The first-order chi connectivity index (χ1) is 10.1. The Morgan fingerprint density at radius 2 is 2.00 bits per heavy atom. The van der Waals surface area contributed by atoms with Gasteiger partial charge in [-0.3, -0.25) is 0 Å². The van der Waals surface area contributed by atoms with Gasteiger partial charge in [0, 0.05) is 19.1 Å². The lowest BCUT2D eigenvalue weighted by molar-refractivity contribution is 0.0698. The Kier molecular flexibility index (Phi) is 6.34. The molecule has 1 amide bonds. The number of rotatable bonds is 5. The van der Waals surface area contributed by atoms with Crippen LogP contribution in [0.4, 0.5) is 4.79 Å². The van der Waals surface area contributed by atoms with E-state index in [0.29, 0.717) is 24.5 Å². The zero-order valence-electron chi connectivity index (χ0n) is 13.9. The molecule has 122 valence electrons. The van der Waals surface area contributed by atoms with Crippen molar-refractivity contribution in [1.82, 2.24) is 10.2 Å². The molecule has 0 radical (unpaired) electrons. The van der Waals surface area contributed by atoms with Gasteiger partial charge in [0.1, 0.15) is 0 Å². The lowest BCUT2D eigenvalue weighted by Gasteiger charge is -2.39. The van der Waals surface area contributed by atoms with Gasteiger partial charge in [0.05, 0.1) is 6.61 Å². The number of ether oxygens (including phenoxy) is 1. The summed E-state index contributed by atoms with van der Waals surface area (Å²) in [5, 5.41) is 3.73. The highest BCUT2D eigenvalue weighted by Gasteiger charge is 2.32. The first kappa shape index (κ1) is 16.6. The molecule has 4 nitrogen and oxygen atoms in total. The Morgan fingerprint density at radius 1 is 1.29 bits per heavy atom. The SMILES string of the molecule is CCOC(=O)N1CC(NCC2CCCC2)CC(C(C)C)C1. The van der Waals surface area contributed by atoms with Gasteiger partial charge in [-0.25, -0.2) is 4.79 Å². The Bertz CT molecular complexity index is 327. The molecule has 0 bridgehead atoms. The number of amides is 1. The molecule has 1 saturated carbocycles. The molecule has 0 aromatic rings. The number of hydrogen-bond acceptors (Lipinski definition) is 3. The average molecular weight is 296 g/mol. The van der Waals surface area contributed by atoms with E-state index >= 15 is 0 Å². The molecule has 21 heavy (non-hydrogen) atoms. The second-order valence-electron chi connectivity index (χ2n) is 7.10. The van der Waals surface area contributed by atoms with Gasteiger partial charge in [-0.05, 0) is 50.5 Å². The minimum atomic E-state index is -0.143. The summed E-state index contributed by atoms with van der Waals surface area (Å²) in [6.45, 7) is 9.61. The van der Waals surface area contributed by atoms with Crippen molar-refractivity contribution in [2.45, 2.75) is 58.9 Å². The molecule has 4 heteroatoms. The first-order valence-corrected chi connectivity index (χ1v) is 8.75. The Balaban J connectivity index is 1.87. The molecule has 2 rings (SSSR count). The van der Waals surface area contributed by atoms with E-state index in [4.69, 9.17) is 4.74 Å². The number of nitrogens with one attached hydrogen (secondary N) is 1. The van der Waals surface area contributed by atoms with Crippen molar-refractivity contribution in [2.24, 2.45) is 17.8 Å². The molecular formula is C17H32N2O2. The van der Waals surface area contributed by atoms with Crippen molar-refractivity contribution < 1.29 is 9.53 Å². The van der Waals surface area contributed by atoms with Crippen molar-refractivity contribution in [1.29, 1.82) is 0 Å². The maximum absolute atomic E-state index is 12.0. The van der Waals surface area contributed by atoms with Crippen LogP contribution >= 0.6 is 0 Å². The summed E-state index contributed by atoms with van der Waals surface area (Å²) >= 11 is 0. The standard InChI is InChI=1S/C17H32N2O2/c1-4-21-17(20)19-11-15(13(2)3)9-16(12-19)18-10-14-7-5-6-8-14/h13-16,18H,4-12H2,1-3H3. The molecule has 1 N–H and O–H groups in total. The van der Waals surface area contributed by atoms with Crippen LogP contribution in [-0.4, -0.2) is 43.3 Å². The molecule has 2 aliphatic rings. The van der Waals surface area contributed by atoms with Crippen molar-refractivity contribution in [2.75, 3.05) is 26.2 Å². The van der Waals surface area contributed by atoms with Crippen LogP contribution < -0.4 is 5.32 Å². The van der Waals surface area contributed by atoms with Gasteiger partial charge in [0.2, 0.25) is 0 Å². The monoisotopic (exact) mass is 296 g/mol. The average Bonchev–Trinajstić information content (AvgIpc) is 2.98. The van der Waals surface area contributed by atoms with Crippen LogP contribution in [-0.2, 0) is 4.74 Å². The van der Waals surface area contributed by atoms with Crippen LogP contribution in [0, 0.1) is 17.8 Å². The molecule has 2 unspecified atom stereocenters. The Hall–Kier alpha value is -0.770. The molecule has 1 heterocycles. The van der Waals surface area contributed by atoms with Gasteiger partial charge >= 0.3 is 6.09 Å². The van der Waals surface area contributed by atoms with Crippen LogP contribution in [0.2, 0.25) is 0 Å². The minimum Gasteiger partial charge on any atom is -0.450 e. The fraction of sp³-hybridized carbons (Fsp3) is 0.941. The molecule has 2 atom stereocenters. The maximum Gasteiger partial charge on any atom is 0.409 e. The van der Waals surface area contributed by atoms with Crippen LogP contribution in [0.15, 0.2) is 0 Å². The Morgan fingerprint density at radius 3 is 2.62 bits per heavy atom. The largest absolute Gasteiger partial charge is 0.450 e. The van der Waals surface area contributed by atoms with E-state index < -0.39 is 0 Å². The molecule has 1 saturated heterocycles. The van der Waals surface area contributed by atoms with Crippen molar-refractivity contribution in [3.8, 4) is 0 Å². The van der Waals surface area contributed by atoms with Crippen LogP contribution in [0.1, 0.15) is 52.9 Å². The zero-order valence-corrected chi connectivity index (χ0v) is 13.9. The number of hydrogen-bond donors (Lipinski definition) is 1. The number of carbonyl (C=O) groups is 1. The van der Waals surface area contributed by atoms with Crippen molar-refractivity contribution in [3.63, 3.8) is 0 Å². The highest BCUT2D eigenvalue weighted by Crippen LogP contribution is 2.27. The normalized spacial score (nSPS) is 27.3. The summed E-state index contributed by atoms with van der Waals surface area (Å²) in [5.41, 5.74) is 0. The summed E-state index contributed by atoms with van der Waals surface area (Å²) in [5.74, 6) is 2.03. The van der Waals surface area contributed by atoms with E-state index in [-0.39, 0.29) is 6.09 Å². The summed E-state index contributed by atoms with van der Waals surface area (Å²) in [7, 11) is 0. The number of piperidine rings is 1. The van der Waals surface area contributed by atoms with Gasteiger partial charge in [0.15, 0.2) is 0 Å².